The van der Waals surface area contributed by atoms with Gasteiger partial charge in [-0.2, -0.15) is 0 Å². The van der Waals surface area contributed by atoms with E-state index in [1.807, 2.05) is 12.1 Å². The molecule has 2 aliphatic rings. The quantitative estimate of drug-likeness (QED) is 0.270. The van der Waals surface area contributed by atoms with E-state index in [0.717, 1.165) is 29.1 Å². The van der Waals surface area contributed by atoms with Crippen molar-refractivity contribution in [2.75, 3.05) is 19.4 Å². The standard InChI is InChI=1S/C30H41O2PS/c1-23-11-9-10-16-27(23)29-19-26(17-18-28(29)30(31)32-2)22-33(34,20-24-12-5-3-6-13-24)21-25-14-7-4-8-15-25/h9-11,16-19,24-25H,3-8,12-15,20-22H2,1-2H3. The van der Waals surface area contributed by atoms with Crippen molar-refractivity contribution in [3.8, 4) is 11.1 Å². The molecule has 0 amide bonds. The number of aryl methyl sites for hydroxylation is 1. The molecule has 184 valence electrons. The van der Waals surface area contributed by atoms with Gasteiger partial charge in [-0.15, -0.1) is 0 Å². The zero-order valence-corrected chi connectivity index (χ0v) is 22.8. The Morgan fingerprint density at radius 2 is 1.47 bits per heavy atom. The minimum Gasteiger partial charge on any atom is -0.465 e. The largest absolute Gasteiger partial charge is 0.465 e. The van der Waals surface area contributed by atoms with Gasteiger partial charge < -0.3 is 4.74 Å². The Labute approximate surface area is 211 Å². The SMILES string of the molecule is COC(=O)c1ccc(CP(=S)(CC2CCCCC2)CC2CCCCC2)cc1-c1ccccc1C. The van der Waals surface area contributed by atoms with Crippen molar-refractivity contribution in [3.63, 3.8) is 0 Å². The van der Waals surface area contributed by atoms with Crippen molar-refractivity contribution in [3.05, 3.63) is 59.2 Å². The maximum atomic E-state index is 12.6. The number of ether oxygens (including phenoxy) is 1. The molecule has 2 aromatic rings. The van der Waals surface area contributed by atoms with Crippen LogP contribution in [0.3, 0.4) is 0 Å². The van der Waals surface area contributed by atoms with Crippen LogP contribution in [0.25, 0.3) is 11.1 Å². The first-order chi connectivity index (χ1) is 16.5. The van der Waals surface area contributed by atoms with E-state index in [1.54, 1.807) is 0 Å². The van der Waals surface area contributed by atoms with Crippen molar-refractivity contribution in [2.24, 2.45) is 11.8 Å². The van der Waals surface area contributed by atoms with Gasteiger partial charge in [-0.3, -0.25) is 0 Å². The van der Waals surface area contributed by atoms with Gasteiger partial charge in [-0.25, -0.2) is 4.79 Å². The highest BCUT2D eigenvalue weighted by atomic mass is 32.4. The third-order valence-electron chi connectivity index (χ3n) is 8.03. The Bertz CT molecular complexity index is 994. The van der Waals surface area contributed by atoms with E-state index in [-0.39, 0.29) is 5.97 Å². The number of carbonyl (C=O) groups is 1. The lowest BCUT2D eigenvalue weighted by Gasteiger charge is -2.34. The van der Waals surface area contributed by atoms with Gasteiger partial charge >= 0.3 is 5.97 Å². The van der Waals surface area contributed by atoms with Gasteiger partial charge in [0.1, 0.15) is 0 Å². The van der Waals surface area contributed by atoms with Gasteiger partial charge in [0.05, 0.1) is 12.7 Å². The van der Waals surface area contributed by atoms with E-state index in [9.17, 15) is 4.79 Å². The maximum Gasteiger partial charge on any atom is 0.338 e. The van der Waals surface area contributed by atoms with Crippen LogP contribution in [0.2, 0.25) is 0 Å². The van der Waals surface area contributed by atoms with Gasteiger partial charge in [0.15, 0.2) is 0 Å². The summed E-state index contributed by atoms with van der Waals surface area (Å²) in [5, 5.41) is 0. The second-order valence-electron chi connectivity index (χ2n) is 10.8. The summed E-state index contributed by atoms with van der Waals surface area (Å²) in [6.45, 7) is 2.11. The summed E-state index contributed by atoms with van der Waals surface area (Å²) in [6.07, 6.45) is 17.4. The summed E-state index contributed by atoms with van der Waals surface area (Å²) in [5.74, 6) is 1.38. The molecule has 2 fully saturated rings. The molecular weight excluding hydrogens is 455 g/mol. The molecule has 0 aromatic heterocycles. The molecule has 0 radical (unpaired) electrons. The van der Waals surface area contributed by atoms with Crippen LogP contribution >= 0.6 is 6.04 Å². The van der Waals surface area contributed by atoms with Crippen molar-refractivity contribution < 1.29 is 9.53 Å². The molecule has 0 saturated heterocycles. The van der Waals surface area contributed by atoms with Crippen molar-refractivity contribution in [1.29, 1.82) is 0 Å². The third-order valence-corrected chi connectivity index (χ3v) is 12.6. The molecule has 2 aromatic carbocycles. The fourth-order valence-corrected chi connectivity index (χ4v) is 11.9. The predicted molar refractivity (Wildman–Crippen MR) is 149 cm³/mol. The molecule has 2 aliphatic carbocycles. The first-order valence-electron chi connectivity index (χ1n) is 13.3. The zero-order chi connectivity index (χ0) is 24.0. The van der Waals surface area contributed by atoms with Crippen molar-refractivity contribution in [1.82, 2.24) is 0 Å². The molecule has 0 atom stereocenters. The lowest BCUT2D eigenvalue weighted by Crippen LogP contribution is -2.18. The van der Waals surface area contributed by atoms with Crippen LogP contribution in [0, 0.1) is 18.8 Å². The van der Waals surface area contributed by atoms with Gasteiger partial charge in [-0.05, 0) is 71.5 Å². The van der Waals surface area contributed by atoms with Crippen LogP contribution in [0.5, 0.6) is 0 Å². The Morgan fingerprint density at radius 3 is 2.03 bits per heavy atom. The Kier molecular flexibility index (Phi) is 9.05. The Hall–Kier alpha value is -1.44. The third kappa shape index (κ3) is 6.61. The van der Waals surface area contributed by atoms with E-state index in [1.165, 1.54) is 94.8 Å². The molecule has 0 unspecified atom stereocenters. The van der Waals surface area contributed by atoms with Gasteiger partial charge in [0, 0.05) is 6.16 Å². The minimum absolute atomic E-state index is 0.270. The van der Waals surface area contributed by atoms with Crippen LogP contribution in [0.15, 0.2) is 42.5 Å². The van der Waals surface area contributed by atoms with Crippen molar-refractivity contribution in [2.45, 2.75) is 77.3 Å². The molecule has 0 bridgehead atoms. The first kappa shape index (κ1) is 25.6. The molecule has 2 nitrogen and oxygen atoms in total. The van der Waals surface area contributed by atoms with Crippen LogP contribution in [0.1, 0.15) is 85.7 Å². The second-order valence-corrected chi connectivity index (χ2v) is 16.3. The summed E-state index contributed by atoms with van der Waals surface area (Å²) in [5.41, 5.74) is 5.22. The molecule has 2 saturated carbocycles. The lowest BCUT2D eigenvalue weighted by atomic mass is 9.91. The van der Waals surface area contributed by atoms with Crippen molar-refractivity contribution >= 4 is 23.8 Å². The lowest BCUT2D eigenvalue weighted by molar-refractivity contribution is 0.0601. The van der Waals surface area contributed by atoms with E-state index < -0.39 is 6.04 Å². The monoisotopic (exact) mass is 496 g/mol. The summed E-state index contributed by atoms with van der Waals surface area (Å²) in [4.78, 5) is 12.6. The number of rotatable bonds is 8. The van der Waals surface area contributed by atoms with E-state index >= 15 is 0 Å². The number of benzene rings is 2. The smallest absolute Gasteiger partial charge is 0.338 e. The summed E-state index contributed by atoms with van der Waals surface area (Å²) >= 11 is 6.66. The molecule has 0 aliphatic heterocycles. The number of esters is 1. The van der Waals surface area contributed by atoms with Gasteiger partial charge in [-0.1, -0.05) is 106 Å². The predicted octanol–water partition coefficient (Wildman–Crippen LogP) is 8.59. The molecule has 4 rings (SSSR count). The number of methoxy groups -OCH3 is 1. The maximum absolute atomic E-state index is 12.6. The molecule has 34 heavy (non-hydrogen) atoms. The second kappa shape index (κ2) is 12.0. The van der Waals surface area contributed by atoms with Crippen LogP contribution in [-0.4, -0.2) is 25.4 Å². The average Bonchev–Trinajstić information content (AvgIpc) is 2.85. The first-order valence-corrected chi connectivity index (χ1v) is 16.7. The molecular formula is C30H41O2PS. The fraction of sp³-hybridized carbons (Fsp3) is 0.567. The zero-order valence-electron chi connectivity index (χ0n) is 21.1. The van der Waals surface area contributed by atoms with E-state index in [0.29, 0.717) is 5.56 Å². The topological polar surface area (TPSA) is 26.3 Å². The number of hydrogen-bond donors (Lipinski definition) is 0. The Balaban J connectivity index is 1.65. The highest BCUT2D eigenvalue weighted by Crippen LogP contribution is 2.55. The van der Waals surface area contributed by atoms with Gasteiger partial charge in [0.2, 0.25) is 0 Å². The Morgan fingerprint density at radius 1 is 0.882 bits per heavy atom. The minimum atomic E-state index is -1.53. The van der Waals surface area contributed by atoms with Crippen LogP contribution in [-0.2, 0) is 22.7 Å². The average molecular weight is 497 g/mol. The fourth-order valence-electron chi connectivity index (χ4n) is 6.29. The molecule has 0 N–H and O–H groups in total. The molecule has 0 heterocycles. The normalized spacial score (nSPS) is 18.1. The molecule has 4 heteroatoms. The highest BCUT2D eigenvalue weighted by Gasteiger charge is 2.29. The molecule has 0 spiro atoms. The summed E-state index contributed by atoms with van der Waals surface area (Å²) in [6, 6.07) is 13.2. The number of hydrogen-bond acceptors (Lipinski definition) is 3. The van der Waals surface area contributed by atoms with E-state index in [2.05, 4.69) is 37.3 Å². The number of carbonyl (C=O) groups excluding carboxylic acids is 1. The highest BCUT2D eigenvalue weighted by molar-refractivity contribution is 8.14. The summed E-state index contributed by atoms with van der Waals surface area (Å²) < 4.78 is 5.13. The van der Waals surface area contributed by atoms with Gasteiger partial charge in [0.25, 0.3) is 0 Å². The van der Waals surface area contributed by atoms with Crippen LogP contribution in [0.4, 0.5) is 0 Å². The van der Waals surface area contributed by atoms with E-state index in [4.69, 9.17) is 16.5 Å². The van der Waals surface area contributed by atoms with Crippen LogP contribution < -0.4 is 0 Å². The summed E-state index contributed by atoms with van der Waals surface area (Å²) in [7, 11) is 1.46.